The maximum atomic E-state index is 5.73. The summed E-state index contributed by atoms with van der Waals surface area (Å²) >= 11 is 0. The summed E-state index contributed by atoms with van der Waals surface area (Å²) in [6.45, 7) is 8.78. The fourth-order valence-electron chi connectivity index (χ4n) is 3.94. The van der Waals surface area contributed by atoms with Gasteiger partial charge in [0.1, 0.15) is 5.52 Å². The molecule has 0 aliphatic carbocycles. The van der Waals surface area contributed by atoms with Gasteiger partial charge in [-0.3, -0.25) is 4.90 Å². The van der Waals surface area contributed by atoms with Crippen molar-refractivity contribution in [1.82, 2.24) is 24.6 Å². The average Bonchev–Trinajstić information content (AvgIpc) is 3.28. The number of likely N-dealkylation sites (tertiary alicyclic amines) is 1. The Balaban J connectivity index is 1.49. The van der Waals surface area contributed by atoms with Crippen molar-refractivity contribution in [2.45, 2.75) is 45.2 Å². The van der Waals surface area contributed by atoms with E-state index in [1.54, 1.807) is 12.4 Å². The number of hydrogen-bond acceptors (Lipinski definition) is 5. The second-order valence-corrected chi connectivity index (χ2v) is 7.74. The van der Waals surface area contributed by atoms with Gasteiger partial charge in [-0.25, -0.2) is 14.6 Å². The standard InChI is InChI=1S/C21H28N6/c1-15(2)17-5-3-16(4-6-17)13-26-11-7-18(14-26)19-20-21(24-10-9-23-20)27(25-19)12-8-22/h3-6,9-10,15,18H,7-8,11-14,22H2,1-2H3/t18-/m1/s1. The summed E-state index contributed by atoms with van der Waals surface area (Å²) in [7, 11) is 0. The van der Waals surface area contributed by atoms with Crippen LogP contribution in [0.1, 0.15) is 48.9 Å². The van der Waals surface area contributed by atoms with Crippen LogP contribution in [0.3, 0.4) is 0 Å². The molecule has 0 radical (unpaired) electrons. The van der Waals surface area contributed by atoms with Gasteiger partial charge in [0.2, 0.25) is 0 Å². The zero-order valence-electron chi connectivity index (χ0n) is 16.2. The highest BCUT2D eigenvalue weighted by atomic mass is 15.3. The quantitative estimate of drug-likeness (QED) is 0.728. The molecule has 6 nitrogen and oxygen atoms in total. The normalized spacial score (nSPS) is 18.0. The van der Waals surface area contributed by atoms with Gasteiger partial charge in [-0.2, -0.15) is 5.10 Å². The van der Waals surface area contributed by atoms with Gasteiger partial charge in [-0.15, -0.1) is 0 Å². The average molecular weight is 364 g/mol. The lowest BCUT2D eigenvalue weighted by atomic mass is 10.0. The first-order valence-electron chi connectivity index (χ1n) is 9.84. The molecule has 0 bridgehead atoms. The molecule has 0 amide bonds. The maximum Gasteiger partial charge on any atom is 0.177 e. The third-order valence-electron chi connectivity index (χ3n) is 5.45. The van der Waals surface area contributed by atoms with Crippen LogP contribution in [0.25, 0.3) is 11.2 Å². The summed E-state index contributed by atoms with van der Waals surface area (Å²) in [6.07, 6.45) is 4.58. The smallest absolute Gasteiger partial charge is 0.177 e. The predicted octanol–water partition coefficient (Wildman–Crippen LogP) is 2.90. The zero-order chi connectivity index (χ0) is 18.8. The maximum absolute atomic E-state index is 5.73. The molecule has 2 N–H and O–H groups in total. The highest BCUT2D eigenvalue weighted by molar-refractivity contribution is 5.73. The van der Waals surface area contributed by atoms with Crippen LogP contribution in [0.4, 0.5) is 0 Å². The second kappa shape index (κ2) is 7.74. The first kappa shape index (κ1) is 18.1. The largest absolute Gasteiger partial charge is 0.329 e. The molecule has 6 heteroatoms. The number of rotatable bonds is 6. The van der Waals surface area contributed by atoms with Gasteiger partial charge >= 0.3 is 0 Å². The van der Waals surface area contributed by atoms with Crippen LogP contribution in [-0.2, 0) is 13.1 Å². The van der Waals surface area contributed by atoms with Crippen molar-refractivity contribution in [1.29, 1.82) is 0 Å². The van der Waals surface area contributed by atoms with E-state index in [4.69, 9.17) is 10.8 Å². The Morgan fingerprint density at radius 2 is 1.93 bits per heavy atom. The molecule has 1 aliphatic heterocycles. The minimum absolute atomic E-state index is 0.401. The molecule has 142 valence electrons. The number of nitrogens with zero attached hydrogens (tertiary/aromatic N) is 5. The molecule has 4 rings (SSSR count). The Labute approximate surface area is 160 Å². The number of hydrogen-bond donors (Lipinski definition) is 1. The first-order chi connectivity index (χ1) is 13.2. The van der Waals surface area contributed by atoms with Gasteiger partial charge in [-0.1, -0.05) is 38.1 Å². The Hall–Kier alpha value is -2.31. The molecule has 1 fully saturated rings. The van der Waals surface area contributed by atoms with Crippen LogP contribution in [0.5, 0.6) is 0 Å². The van der Waals surface area contributed by atoms with Crippen LogP contribution in [0.15, 0.2) is 36.7 Å². The molecule has 1 saturated heterocycles. The van der Waals surface area contributed by atoms with Gasteiger partial charge in [0.25, 0.3) is 0 Å². The van der Waals surface area contributed by atoms with Crippen molar-refractivity contribution in [2.75, 3.05) is 19.6 Å². The number of nitrogens with two attached hydrogens (primary N) is 1. The fraction of sp³-hybridized carbons (Fsp3) is 0.476. The zero-order valence-corrected chi connectivity index (χ0v) is 16.2. The second-order valence-electron chi connectivity index (χ2n) is 7.74. The van der Waals surface area contributed by atoms with E-state index >= 15 is 0 Å². The Kier molecular flexibility index (Phi) is 5.18. The number of fused-ring (bicyclic) bond motifs is 1. The highest BCUT2D eigenvalue weighted by Crippen LogP contribution is 2.31. The Morgan fingerprint density at radius 1 is 1.15 bits per heavy atom. The van der Waals surface area contributed by atoms with E-state index < -0.39 is 0 Å². The number of aromatic nitrogens is 4. The minimum atomic E-state index is 0.401. The SMILES string of the molecule is CC(C)c1ccc(CN2CC[C@@H](c3nn(CCN)c4nccnc34)C2)cc1. The molecule has 27 heavy (non-hydrogen) atoms. The van der Waals surface area contributed by atoms with Crippen molar-refractivity contribution in [3.05, 3.63) is 53.5 Å². The van der Waals surface area contributed by atoms with Gasteiger partial charge < -0.3 is 5.73 Å². The topological polar surface area (TPSA) is 72.9 Å². The van der Waals surface area contributed by atoms with Crippen molar-refractivity contribution in [3.63, 3.8) is 0 Å². The third-order valence-corrected chi connectivity index (χ3v) is 5.45. The van der Waals surface area contributed by atoms with Crippen LogP contribution in [0, 0.1) is 0 Å². The van der Waals surface area contributed by atoms with Crippen molar-refractivity contribution < 1.29 is 0 Å². The van der Waals surface area contributed by atoms with Crippen LogP contribution >= 0.6 is 0 Å². The van der Waals surface area contributed by atoms with Crippen LogP contribution < -0.4 is 5.73 Å². The third kappa shape index (κ3) is 3.73. The van der Waals surface area contributed by atoms with Gasteiger partial charge in [0, 0.05) is 37.9 Å². The summed E-state index contributed by atoms with van der Waals surface area (Å²) in [5.74, 6) is 0.978. The molecule has 3 aromatic rings. The van der Waals surface area contributed by atoms with E-state index in [-0.39, 0.29) is 0 Å². The monoisotopic (exact) mass is 364 g/mol. The van der Waals surface area contributed by atoms with Crippen molar-refractivity contribution in [3.8, 4) is 0 Å². The molecular weight excluding hydrogens is 336 g/mol. The first-order valence-corrected chi connectivity index (χ1v) is 9.84. The highest BCUT2D eigenvalue weighted by Gasteiger charge is 2.29. The summed E-state index contributed by atoms with van der Waals surface area (Å²) in [5.41, 5.74) is 11.4. The van der Waals surface area contributed by atoms with Crippen LogP contribution in [0.2, 0.25) is 0 Å². The summed E-state index contributed by atoms with van der Waals surface area (Å²) < 4.78 is 1.91. The van der Waals surface area contributed by atoms with E-state index in [1.165, 1.54) is 11.1 Å². The minimum Gasteiger partial charge on any atom is -0.329 e. The number of benzene rings is 1. The Morgan fingerprint density at radius 3 is 2.67 bits per heavy atom. The molecule has 1 aromatic carbocycles. The molecule has 1 aliphatic rings. The molecule has 0 unspecified atom stereocenters. The predicted molar refractivity (Wildman–Crippen MR) is 108 cm³/mol. The molecule has 1 atom stereocenters. The van der Waals surface area contributed by atoms with E-state index in [0.29, 0.717) is 24.9 Å². The van der Waals surface area contributed by atoms with Gasteiger partial charge in [-0.05, 0) is 30.0 Å². The molecular formula is C21H28N6. The fourth-order valence-corrected chi connectivity index (χ4v) is 3.94. The Bertz CT molecular complexity index is 899. The molecule has 0 saturated carbocycles. The van der Waals surface area contributed by atoms with E-state index in [9.17, 15) is 0 Å². The van der Waals surface area contributed by atoms with E-state index in [2.05, 4.69) is 53.0 Å². The van der Waals surface area contributed by atoms with E-state index in [0.717, 1.165) is 42.9 Å². The van der Waals surface area contributed by atoms with Crippen LogP contribution in [-0.4, -0.2) is 44.3 Å². The molecule has 0 spiro atoms. The van der Waals surface area contributed by atoms with Gasteiger partial charge in [0.05, 0.1) is 12.2 Å². The summed E-state index contributed by atoms with van der Waals surface area (Å²) in [5, 5.41) is 4.82. The lowest BCUT2D eigenvalue weighted by Gasteiger charge is -2.16. The van der Waals surface area contributed by atoms with Crippen molar-refractivity contribution in [2.24, 2.45) is 5.73 Å². The van der Waals surface area contributed by atoms with Gasteiger partial charge in [0.15, 0.2) is 5.65 Å². The summed E-state index contributed by atoms with van der Waals surface area (Å²) in [6, 6.07) is 9.04. The lowest BCUT2D eigenvalue weighted by molar-refractivity contribution is 0.326. The molecule has 3 heterocycles. The summed E-state index contributed by atoms with van der Waals surface area (Å²) in [4.78, 5) is 11.5. The molecule has 2 aromatic heterocycles. The van der Waals surface area contributed by atoms with E-state index in [1.807, 2.05) is 4.68 Å². The lowest BCUT2D eigenvalue weighted by Crippen LogP contribution is -2.20. The van der Waals surface area contributed by atoms with Crippen molar-refractivity contribution >= 4 is 11.2 Å².